The molecule has 0 aliphatic rings. The van der Waals surface area contributed by atoms with Crippen LogP contribution in [0.25, 0.3) is 39.1 Å². The standard InChI is InChI=1S/C24H21FN6/c1-24(2,3)16-7-9-17(10-8-16)31-14-21(28-30-31)22-19-13-15(6-11-20(19)27-29-22)18-5-4-12-26-23(18)25/h4-14H,1-3H3,(H,27,29). The summed E-state index contributed by atoms with van der Waals surface area (Å²) in [5.74, 6) is -0.503. The molecule has 0 radical (unpaired) electrons. The Hall–Kier alpha value is -3.87. The number of rotatable bonds is 3. The molecule has 2 aromatic carbocycles. The molecule has 0 amide bonds. The summed E-state index contributed by atoms with van der Waals surface area (Å²) < 4.78 is 15.9. The van der Waals surface area contributed by atoms with Crippen LogP contribution in [0.2, 0.25) is 0 Å². The smallest absolute Gasteiger partial charge is 0.220 e. The van der Waals surface area contributed by atoms with Gasteiger partial charge in [0.1, 0.15) is 11.4 Å². The highest BCUT2D eigenvalue weighted by Gasteiger charge is 2.16. The lowest BCUT2D eigenvalue weighted by Crippen LogP contribution is -2.10. The van der Waals surface area contributed by atoms with Gasteiger partial charge in [0.25, 0.3) is 0 Å². The second kappa shape index (κ2) is 7.12. The topological polar surface area (TPSA) is 72.3 Å². The van der Waals surface area contributed by atoms with E-state index in [0.717, 1.165) is 22.2 Å². The van der Waals surface area contributed by atoms with Gasteiger partial charge in [0.05, 0.1) is 17.4 Å². The fourth-order valence-electron chi connectivity index (χ4n) is 3.59. The fraction of sp³-hybridized carbons (Fsp3) is 0.167. The number of nitrogens with one attached hydrogen (secondary N) is 1. The molecule has 7 heteroatoms. The first-order chi connectivity index (χ1) is 14.9. The molecule has 6 nitrogen and oxygen atoms in total. The van der Waals surface area contributed by atoms with Crippen LogP contribution < -0.4 is 0 Å². The van der Waals surface area contributed by atoms with Crippen LogP contribution in [0, 0.1) is 5.95 Å². The van der Waals surface area contributed by atoms with E-state index in [1.165, 1.54) is 11.8 Å². The predicted octanol–water partition coefficient (Wildman–Crippen LogP) is 5.31. The van der Waals surface area contributed by atoms with E-state index < -0.39 is 5.95 Å². The summed E-state index contributed by atoms with van der Waals surface area (Å²) in [6.07, 6.45) is 3.28. The minimum absolute atomic E-state index is 0.0888. The number of pyridine rings is 1. The summed E-state index contributed by atoms with van der Waals surface area (Å²) >= 11 is 0. The fourth-order valence-corrected chi connectivity index (χ4v) is 3.59. The highest BCUT2D eigenvalue weighted by molar-refractivity contribution is 5.94. The van der Waals surface area contributed by atoms with Gasteiger partial charge < -0.3 is 0 Å². The first kappa shape index (κ1) is 19.1. The van der Waals surface area contributed by atoms with Gasteiger partial charge in [0.2, 0.25) is 5.95 Å². The number of nitrogens with zero attached hydrogens (tertiary/aromatic N) is 5. The van der Waals surface area contributed by atoms with Crippen LogP contribution in [-0.4, -0.2) is 30.2 Å². The molecule has 0 spiro atoms. The second-order valence-electron chi connectivity index (χ2n) is 8.52. The first-order valence-corrected chi connectivity index (χ1v) is 10.0. The molecule has 0 saturated carbocycles. The molecule has 5 aromatic rings. The van der Waals surface area contributed by atoms with E-state index in [2.05, 4.69) is 58.4 Å². The van der Waals surface area contributed by atoms with Crippen molar-refractivity contribution in [3.63, 3.8) is 0 Å². The van der Waals surface area contributed by atoms with E-state index in [4.69, 9.17) is 0 Å². The van der Waals surface area contributed by atoms with Crippen LogP contribution in [0.5, 0.6) is 0 Å². The van der Waals surface area contributed by atoms with Crippen molar-refractivity contribution in [1.29, 1.82) is 0 Å². The summed E-state index contributed by atoms with van der Waals surface area (Å²) in [5, 5.41) is 16.9. The van der Waals surface area contributed by atoms with Gasteiger partial charge in [-0.05, 0) is 52.9 Å². The Labute approximate surface area is 178 Å². The number of H-pyrrole nitrogens is 1. The van der Waals surface area contributed by atoms with Gasteiger partial charge in [-0.25, -0.2) is 9.67 Å². The van der Waals surface area contributed by atoms with Crippen LogP contribution in [-0.2, 0) is 5.41 Å². The monoisotopic (exact) mass is 412 g/mol. The maximum atomic E-state index is 14.2. The molecule has 154 valence electrons. The molecule has 0 saturated heterocycles. The van der Waals surface area contributed by atoms with Crippen molar-refractivity contribution in [3.8, 4) is 28.2 Å². The normalized spacial score (nSPS) is 11.9. The van der Waals surface area contributed by atoms with Gasteiger partial charge in [-0.2, -0.15) is 9.49 Å². The second-order valence-corrected chi connectivity index (χ2v) is 8.52. The zero-order valence-electron chi connectivity index (χ0n) is 17.5. The van der Waals surface area contributed by atoms with E-state index in [1.54, 1.807) is 16.8 Å². The number of hydrogen-bond donors (Lipinski definition) is 1. The Morgan fingerprint density at radius 1 is 1.00 bits per heavy atom. The maximum Gasteiger partial charge on any atom is 0.220 e. The summed E-state index contributed by atoms with van der Waals surface area (Å²) in [6, 6.07) is 17.3. The van der Waals surface area contributed by atoms with Crippen LogP contribution >= 0.6 is 0 Å². The largest absolute Gasteiger partial charge is 0.277 e. The van der Waals surface area contributed by atoms with Gasteiger partial charge in [-0.3, -0.25) is 5.10 Å². The van der Waals surface area contributed by atoms with Crippen molar-refractivity contribution < 1.29 is 4.39 Å². The highest BCUT2D eigenvalue weighted by atomic mass is 19.1. The number of aromatic nitrogens is 6. The van der Waals surface area contributed by atoms with Gasteiger partial charge in [0.15, 0.2) is 0 Å². The lowest BCUT2D eigenvalue weighted by atomic mass is 9.87. The van der Waals surface area contributed by atoms with Gasteiger partial charge >= 0.3 is 0 Å². The zero-order valence-corrected chi connectivity index (χ0v) is 17.5. The molecule has 0 unspecified atom stereocenters. The van der Waals surface area contributed by atoms with Crippen molar-refractivity contribution >= 4 is 10.9 Å². The summed E-state index contributed by atoms with van der Waals surface area (Å²) in [4.78, 5) is 3.75. The molecule has 1 N–H and O–H groups in total. The van der Waals surface area contributed by atoms with Gasteiger partial charge in [-0.15, -0.1) is 5.10 Å². The molecule has 0 bridgehead atoms. The van der Waals surface area contributed by atoms with Crippen molar-refractivity contribution in [2.24, 2.45) is 0 Å². The third kappa shape index (κ3) is 3.48. The van der Waals surface area contributed by atoms with Crippen LogP contribution in [0.15, 0.2) is 67.0 Å². The zero-order chi connectivity index (χ0) is 21.6. The van der Waals surface area contributed by atoms with Crippen LogP contribution in [0.3, 0.4) is 0 Å². The van der Waals surface area contributed by atoms with Gasteiger partial charge in [-0.1, -0.05) is 44.2 Å². The minimum atomic E-state index is -0.503. The number of aromatic amines is 1. The van der Waals surface area contributed by atoms with E-state index >= 15 is 0 Å². The summed E-state index contributed by atoms with van der Waals surface area (Å²) in [5.41, 5.74) is 5.58. The molecule has 0 aliphatic heterocycles. The Morgan fingerprint density at radius 2 is 1.81 bits per heavy atom. The Kier molecular flexibility index (Phi) is 4.39. The van der Waals surface area contributed by atoms with Crippen molar-refractivity contribution in [1.82, 2.24) is 30.2 Å². The summed E-state index contributed by atoms with van der Waals surface area (Å²) in [7, 11) is 0. The summed E-state index contributed by atoms with van der Waals surface area (Å²) in [6.45, 7) is 6.55. The molecule has 0 atom stereocenters. The molecule has 5 rings (SSSR count). The maximum absolute atomic E-state index is 14.2. The van der Waals surface area contributed by atoms with E-state index in [0.29, 0.717) is 17.0 Å². The van der Waals surface area contributed by atoms with Crippen LogP contribution in [0.1, 0.15) is 26.3 Å². The Balaban J connectivity index is 1.53. The third-order valence-electron chi connectivity index (χ3n) is 5.37. The SMILES string of the molecule is CC(C)(C)c1ccc(-n2cc(-c3n[nH]c4ccc(-c5cccnc5F)cc34)nn2)cc1. The number of hydrogen-bond acceptors (Lipinski definition) is 4. The van der Waals surface area contributed by atoms with Crippen molar-refractivity contribution in [2.45, 2.75) is 26.2 Å². The third-order valence-corrected chi connectivity index (χ3v) is 5.37. The lowest BCUT2D eigenvalue weighted by Gasteiger charge is -2.18. The van der Waals surface area contributed by atoms with Crippen LogP contribution in [0.4, 0.5) is 4.39 Å². The minimum Gasteiger partial charge on any atom is -0.277 e. The molecular weight excluding hydrogens is 391 g/mol. The number of fused-ring (bicyclic) bond motifs is 1. The first-order valence-electron chi connectivity index (χ1n) is 10.0. The average Bonchev–Trinajstić information content (AvgIpc) is 3.40. The van der Waals surface area contributed by atoms with E-state index in [-0.39, 0.29) is 5.41 Å². The molecule has 3 aromatic heterocycles. The quantitative estimate of drug-likeness (QED) is 0.408. The van der Waals surface area contributed by atoms with Gasteiger partial charge in [0, 0.05) is 17.1 Å². The molecule has 0 fully saturated rings. The molecule has 31 heavy (non-hydrogen) atoms. The van der Waals surface area contributed by atoms with E-state index in [9.17, 15) is 4.39 Å². The lowest BCUT2D eigenvalue weighted by molar-refractivity contribution is 0.587. The van der Waals surface area contributed by atoms with Crippen molar-refractivity contribution in [3.05, 3.63) is 78.5 Å². The average molecular weight is 412 g/mol. The molecular formula is C24H21FN6. The van der Waals surface area contributed by atoms with Crippen molar-refractivity contribution in [2.75, 3.05) is 0 Å². The predicted molar refractivity (Wildman–Crippen MR) is 118 cm³/mol. The number of benzene rings is 2. The Morgan fingerprint density at radius 3 is 2.55 bits per heavy atom. The highest BCUT2D eigenvalue weighted by Crippen LogP contribution is 2.30. The Bertz CT molecular complexity index is 1380. The molecule has 3 heterocycles. The van der Waals surface area contributed by atoms with E-state index in [1.807, 2.05) is 36.5 Å². The molecule has 0 aliphatic carbocycles. The number of halogens is 1.